The van der Waals surface area contributed by atoms with Gasteiger partial charge < -0.3 is 10.1 Å². The Labute approximate surface area is 166 Å². The molecule has 4 rings (SSSR count). The van der Waals surface area contributed by atoms with Crippen LogP contribution in [0.5, 0.6) is 0 Å². The van der Waals surface area contributed by atoms with Gasteiger partial charge in [-0.05, 0) is 37.2 Å². The molecule has 1 N–H and O–H groups in total. The van der Waals surface area contributed by atoms with Crippen molar-refractivity contribution in [3.05, 3.63) is 53.6 Å². The van der Waals surface area contributed by atoms with Crippen LogP contribution in [-0.4, -0.2) is 24.0 Å². The summed E-state index contributed by atoms with van der Waals surface area (Å²) in [4.78, 5) is 14.4. The number of ketones is 1. The van der Waals surface area contributed by atoms with E-state index in [9.17, 15) is 4.79 Å². The van der Waals surface area contributed by atoms with Crippen LogP contribution in [0.2, 0.25) is 0 Å². The molecule has 0 bridgehead atoms. The summed E-state index contributed by atoms with van der Waals surface area (Å²) < 4.78 is 5.65. The van der Waals surface area contributed by atoms with Crippen LogP contribution in [0.15, 0.2) is 42.5 Å². The fourth-order valence-corrected chi connectivity index (χ4v) is 5.44. The summed E-state index contributed by atoms with van der Waals surface area (Å²) in [5.41, 5.74) is 4.25. The number of thiocarbonyl (C=S) groups is 1. The van der Waals surface area contributed by atoms with Crippen molar-refractivity contribution < 1.29 is 9.53 Å². The van der Waals surface area contributed by atoms with Crippen LogP contribution < -0.4 is 5.32 Å². The van der Waals surface area contributed by atoms with E-state index in [0.29, 0.717) is 25.6 Å². The molecule has 2 unspecified atom stereocenters. The SMILES string of the molecule is C=CCC(C)C1CC(=O)C2=C(NC1=S)c1ccccc1CC21CCOCC1. The standard InChI is InChI=1S/C23H27NO2S/c1-3-6-15(2)18-13-19(25)20-21(24-22(18)27)17-8-5-4-7-16(17)14-23(20)9-11-26-12-10-23/h3-5,7-8,15,18H,1,6,9-14H2,2H3,(H,24,27). The minimum absolute atomic E-state index is 0.0557. The van der Waals surface area contributed by atoms with Gasteiger partial charge in [-0.2, -0.15) is 0 Å². The molecule has 0 aromatic heterocycles. The van der Waals surface area contributed by atoms with Gasteiger partial charge in [0.05, 0.1) is 10.7 Å². The number of ether oxygens (including phenoxy) is 1. The molecule has 0 saturated carbocycles. The van der Waals surface area contributed by atoms with E-state index in [4.69, 9.17) is 17.0 Å². The van der Waals surface area contributed by atoms with E-state index in [1.54, 1.807) is 0 Å². The van der Waals surface area contributed by atoms with Crippen molar-refractivity contribution >= 4 is 28.7 Å². The summed E-state index contributed by atoms with van der Waals surface area (Å²) in [6.07, 6.45) is 5.98. The van der Waals surface area contributed by atoms with Gasteiger partial charge in [0.15, 0.2) is 5.78 Å². The molecular formula is C23H27NO2S. The van der Waals surface area contributed by atoms with Crippen LogP contribution in [-0.2, 0) is 16.0 Å². The van der Waals surface area contributed by atoms with Crippen molar-refractivity contribution in [1.29, 1.82) is 0 Å². The van der Waals surface area contributed by atoms with Crippen molar-refractivity contribution in [3.8, 4) is 0 Å². The highest BCUT2D eigenvalue weighted by Crippen LogP contribution is 2.50. The number of benzene rings is 1. The summed E-state index contributed by atoms with van der Waals surface area (Å²) >= 11 is 5.79. The van der Waals surface area contributed by atoms with Crippen molar-refractivity contribution in [2.24, 2.45) is 17.3 Å². The first-order valence-corrected chi connectivity index (χ1v) is 10.3. The Morgan fingerprint density at radius 3 is 2.85 bits per heavy atom. The van der Waals surface area contributed by atoms with Crippen LogP contribution in [0.25, 0.3) is 5.70 Å². The highest BCUT2D eigenvalue weighted by atomic mass is 32.1. The monoisotopic (exact) mass is 381 g/mol. The van der Waals surface area contributed by atoms with Crippen LogP contribution in [0.3, 0.4) is 0 Å². The zero-order valence-electron chi connectivity index (χ0n) is 15.9. The summed E-state index contributed by atoms with van der Waals surface area (Å²) in [6, 6.07) is 8.44. The lowest BCUT2D eigenvalue weighted by molar-refractivity contribution is -0.118. The third-order valence-corrected chi connectivity index (χ3v) is 6.95. The zero-order valence-corrected chi connectivity index (χ0v) is 16.7. The summed E-state index contributed by atoms with van der Waals surface area (Å²) in [5.74, 6) is 0.614. The molecule has 27 heavy (non-hydrogen) atoms. The van der Waals surface area contributed by atoms with Gasteiger partial charge in [0.25, 0.3) is 0 Å². The molecule has 0 amide bonds. The van der Waals surface area contributed by atoms with E-state index in [2.05, 4.69) is 37.0 Å². The van der Waals surface area contributed by atoms with Crippen molar-refractivity contribution in [3.63, 3.8) is 0 Å². The maximum Gasteiger partial charge on any atom is 0.162 e. The molecule has 4 heteroatoms. The molecule has 2 atom stereocenters. The third-order valence-electron chi connectivity index (χ3n) is 6.54. The van der Waals surface area contributed by atoms with E-state index >= 15 is 0 Å². The molecule has 3 nitrogen and oxygen atoms in total. The lowest BCUT2D eigenvalue weighted by Gasteiger charge is -2.43. The first-order chi connectivity index (χ1) is 13.1. The van der Waals surface area contributed by atoms with Gasteiger partial charge in [-0.25, -0.2) is 0 Å². The van der Waals surface area contributed by atoms with Crippen molar-refractivity contribution in [1.82, 2.24) is 5.32 Å². The molecule has 2 heterocycles. The predicted octanol–water partition coefficient (Wildman–Crippen LogP) is 4.47. The highest BCUT2D eigenvalue weighted by Gasteiger charge is 2.47. The molecule has 1 aliphatic carbocycles. The smallest absolute Gasteiger partial charge is 0.162 e. The predicted molar refractivity (Wildman–Crippen MR) is 112 cm³/mol. The number of hydrogen-bond donors (Lipinski definition) is 1. The van der Waals surface area contributed by atoms with E-state index < -0.39 is 0 Å². The molecule has 3 aliphatic rings. The molecular weight excluding hydrogens is 354 g/mol. The lowest BCUT2D eigenvalue weighted by Crippen LogP contribution is -2.40. The Balaban J connectivity index is 1.82. The molecule has 0 radical (unpaired) electrons. The summed E-state index contributed by atoms with van der Waals surface area (Å²) in [5, 5.41) is 3.54. The maximum absolute atomic E-state index is 13.6. The average molecular weight is 382 g/mol. The number of fused-ring (bicyclic) bond motifs is 3. The fourth-order valence-electron chi connectivity index (χ4n) is 5.02. The van der Waals surface area contributed by atoms with Crippen LogP contribution in [0.4, 0.5) is 0 Å². The highest BCUT2D eigenvalue weighted by molar-refractivity contribution is 7.80. The average Bonchev–Trinajstić information content (AvgIpc) is 2.79. The van der Waals surface area contributed by atoms with Crippen molar-refractivity contribution in [2.75, 3.05) is 13.2 Å². The van der Waals surface area contributed by atoms with Crippen LogP contribution >= 0.6 is 12.2 Å². The second-order valence-electron chi connectivity index (χ2n) is 8.20. The number of carbonyl (C=O) groups excluding carboxylic acids is 1. The maximum atomic E-state index is 13.6. The van der Waals surface area contributed by atoms with E-state index in [1.807, 2.05) is 12.1 Å². The fraction of sp³-hybridized carbons (Fsp3) is 0.478. The largest absolute Gasteiger partial charge is 0.381 e. The quantitative estimate of drug-likeness (QED) is 0.619. The van der Waals surface area contributed by atoms with Gasteiger partial charge in [0.2, 0.25) is 0 Å². The van der Waals surface area contributed by atoms with Gasteiger partial charge in [-0.1, -0.05) is 49.5 Å². The first-order valence-electron chi connectivity index (χ1n) is 9.91. The number of hydrogen-bond acceptors (Lipinski definition) is 3. The van der Waals surface area contributed by atoms with Gasteiger partial charge in [-0.15, -0.1) is 6.58 Å². The number of nitrogens with one attached hydrogen (secondary N) is 1. The second-order valence-corrected chi connectivity index (χ2v) is 8.64. The van der Waals surface area contributed by atoms with E-state index in [-0.39, 0.29) is 17.1 Å². The Morgan fingerprint density at radius 2 is 2.11 bits per heavy atom. The topological polar surface area (TPSA) is 38.3 Å². The van der Waals surface area contributed by atoms with Gasteiger partial charge in [0, 0.05) is 42.1 Å². The van der Waals surface area contributed by atoms with Crippen LogP contribution in [0, 0.1) is 17.3 Å². The molecule has 142 valence electrons. The minimum Gasteiger partial charge on any atom is -0.381 e. The summed E-state index contributed by atoms with van der Waals surface area (Å²) in [6.45, 7) is 7.45. The van der Waals surface area contributed by atoms with Crippen molar-refractivity contribution in [2.45, 2.75) is 39.0 Å². The van der Waals surface area contributed by atoms with Gasteiger partial charge in [0.1, 0.15) is 0 Å². The second kappa shape index (κ2) is 7.33. The number of rotatable bonds is 3. The molecule has 1 fully saturated rings. The molecule has 1 saturated heterocycles. The molecule has 1 aromatic rings. The summed E-state index contributed by atoms with van der Waals surface area (Å²) in [7, 11) is 0. The Kier molecular flexibility index (Phi) is 5.04. The normalized spacial score (nSPS) is 25.3. The van der Waals surface area contributed by atoms with E-state index in [1.165, 1.54) is 5.56 Å². The van der Waals surface area contributed by atoms with Gasteiger partial charge >= 0.3 is 0 Å². The number of allylic oxidation sites excluding steroid dienone is 2. The Hall–Kier alpha value is -1.78. The minimum atomic E-state index is -0.127. The molecule has 1 aromatic carbocycles. The Bertz CT molecular complexity index is 819. The first kappa shape index (κ1) is 18.6. The number of Topliss-reactive ketones (excluding diaryl/α,β-unsaturated/α-hetero) is 1. The molecule has 1 spiro atoms. The van der Waals surface area contributed by atoms with E-state index in [0.717, 1.165) is 47.5 Å². The Morgan fingerprint density at radius 1 is 1.37 bits per heavy atom. The third kappa shape index (κ3) is 3.19. The zero-order chi connectivity index (χ0) is 19.0. The van der Waals surface area contributed by atoms with Gasteiger partial charge in [-0.3, -0.25) is 4.79 Å². The lowest BCUT2D eigenvalue weighted by atomic mass is 9.63. The number of carbonyl (C=O) groups is 1. The molecule has 2 aliphatic heterocycles. The van der Waals surface area contributed by atoms with Crippen LogP contribution in [0.1, 0.15) is 43.7 Å².